The Morgan fingerprint density at radius 1 is 1.12 bits per heavy atom. The van der Waals surface area contributed by atoms with Crippen LogP contribution in [0.5, 0.6) is 0 Å². The third-order valence-corrected chi connectivity index (χ3v) is 6.60. The van der Waals surface area contributed by atoms with Crippen molar-refractivity contribution in [3.05, 3.63) is 54.0 Å². The standard InChI is InChI=1S/C24H24FN5O3/c1-23(2)32-18-16(9-8-14-6-3-4-7-15(14)25)31-22(19(18)33-23)30-13-29-17-20(24(26)10-5-11-24)27-12-28-21(17)30/h3-4,6-7,12-13,16,18-19,22H,5,10-11,26H2,1-2H3/t16-,18-,19-,22-/m1/s1. The number of benzene rings is 1. The first kappa shape index (κ1) is 20.7. The zero-order valence-electron chi connectivity index (χ0n) is 18.4. The normalized spacial score (nSPS) is 29.3. The van der Waals surface area contributed by atoms with Gasteiger partial charge in [-0.2, -0.15) is 0 Å². The number of hydrogen-bond donors (Lipinski definition) is 1. The molecule has 3 aromatic rings. The molecule has 6 rings (SSSR count). The Hall–Kier alpha value is -2.90. The predicted molar refractivity (Wildman–Crippen MR) is 116 cm³/mol. The molecule has 2 aromatic heterocycles. The zero-order valence-corrected chi connectivity index (χ0v) is 18.4. The minimum Gasteiger partial charge on any atom is -0.341 e. The van der Waals surface area contributed by atoms with E-state index in [-0.39, 0.29) is 5.82 Å². The topological polar surface area (TPSA) is 97.3 Å². The third-order valence-electron chi connectivity index (χ3n) is 6.60. The maximum Gasteiger partial charge on any atom is 0.167 e. The molecule has 1 aromatic carbocycles. The molecule has 4 heterocycles. The third kappa shape index (κ3) is 3.33. The van der Waals surface area contributed by atoms with E-state index in [9.17, 15) is 4.39 Å². The molecule has 2 N–H and O–H groups in total. The first-order chi connectivity index (χ1) is 15.8. The van der Waals surface area contributed by atoms with E-state index in [1.54, 1.807) is 24.5 Å². The number of hydrogen-bond acceptors (Lipinski definition) is 7. The molecule has 2 aliphatic heterocycles. The molecule has 3 fully saturated rings. The van der Waals surface area contributed by atoms with Crippen LogP contribution >= 0.6 is 0 Å². The van der Waals surface area contributed by atoms with Crippen LogP contribution in [-0.2, 0) is 19.7 Å². The van der Waals surface area contributed by atoms with E-state index in [2.05, 4.69) is 26.8 Å². The van der Waals surface area contributed by atoms with E-state index in [1.807, 2.05) is 18.4 Å². The molecule has 1 saturated carbocycles. The maximum atomic E-state index is 14.1. The van der Waals surface area contributed by atoms with Gasteiger partial charge in [0.2, 0.25) is 0 Å². The number of nitrogens with two attached hydrogens (primary N) is 1. The van der Waals surface area contributed by atoms with Crippen molar-refractivity contribution in [2.75, 3.05) is 0 Å². The van der Waals surface area contributed by atoms with Crippen LogP contribution in [0.1, 0.15) is 50.6 Å². The summed E-state index contributed by atoms with van der Waals surface area (Å²) in [6, 6.07) is 6.38. The first-order valence-electron chi connectivity index (χ1n) is 11.1. The fourth-order valence-corrected chi connectivity index (χ4v) is 4.83. The predicted octanol–water partition coefficient (Wildman–Crippen LogP) is 2.77. The van der Waals surface area contributed by atoms with E-state index in [0.29, 0.717) is 16.7 Å². The van der Waals surface area contributed by atoms with Crippen LogP contribution < -0.4 is 5.73 Å². The van der Waals surface area contributed by atoms with Crippen molar-refractivity contribution in [1.82, 2.24) is 19.5 Å². The van der Waals surface area contributed by atoms with Gasteiger partial charge < -0.3 is 19.9 Å². The molecular weight excluding hydrogens is 425 g/mol. The molecule has 0 bridgehead atoms. The van der Waals surface area contributed by atoms with Crippen molar-refractivity contribution in [1.29, 1.82) is 0 Å². The fourth-order valence-electron chi connectivity index (χ4n) is 4.83. The molecule has 0 amide bonds. The van der Waals surface area contributed by atoms with Crippen LogP contribution in [0.4, 0.5) is 4.39 Å². The molecule has 0 spiro atoms. The van der Waals surface area contributed by atoms with Gasteiger partial charge >= 0.3 is 0 Å². The number of nitrogens with zero attached hydrogens (tertiary/aromatic N) is 4. The molecule has 3 aliphatic rings. The maximum absolute atomic E-state index is 14.1. The molecule has 4 atom stereocenters. The molecule has 33 heavy (non-hydrogen) atoms. The molecule has 9 heteroatoms. The highest BCUT2D eigenvalue weighted by atomic mass is 19.1. The Kier molecular flexibility index (Phi) is 4.58. The number of halogens is 1. The summed E-state index contributed by atoms with van der Waals surface area (Å²) in [5.74, 6) is 4.74. The van der Waals surface area contributed by atoms with Crippen molar-refractivity contribution in [2.45, 2.75) is 69.0 Å². The van der Waals surface area contributed by atoms with Gasteiger partial charge in [-0.25, -0.2) is 19.3 Å². The van der Waals surface area contributed by atoms with Crippen LogP contribution in [-0.4, -0.2) is 43.6 Å². The summed E-state index contributed by atoms with van der Waals surface area (Å²) in [5.41, 5.74) is 8.42. The summed E-state index contributed by atoms with van der Waals surface area (Å²) in [6.45, 7) is 3.70. The number of rotatable bonds is 2. The van der Waals surface area contributed by atoms with Crippen LogP contribution in [0.3, 0.4) is 0 Å². The Balaban J connectivity index is 1.38. The van der Waals surface area contributed by atoms with Crippen molar-refractivity contribution < 1.29 is 18.6 Å². The summed E-state index contributed by atoms with van der Waals surface area (Å²) in [4.78, 5) is 13.5. The van der Waals surface area contributed by atoms with Gasteiger partial charge in [-0.1, -0.05) is 24.0 Å². The summed E-state index contributed by atoms with van der Waals surface area (Å²) >= 11 is 0. The second kappa shape index (κ2) is 7.30. The largest absolute Gasteiger partial charge is 0.341 e. The molecule has 2 saturated heterocycles. The lowest BCUT2D eigenvalue weighted by Crippen LogP contribution is -2.44. The summed E-state index contributed by atoms with van der Waals surface area (Å²) < 4.78 is 34.5. The lowest BCUT2D eigenvalue weighted by molar-refractivity contribution is -0.190. The van der Waals surface area contributed by atoms with Gasteiger partial charge in [0, 0.05) is 0 Å². The monoisotopic (exact) mass is 449 g/mol. The van der Waals surface area contributed by atoms with Crippen LogP contribution in [0, 0.1) is 17.7 Å². The minimum absolute atomic E-state index is 0.304. The SMILES string of the molecule is CC1(C)O[C@@H]2[C@H](O1)[C@@H](C#Cc1ccccc1F)O[C@H]2n1cnc2c(C3(N)CCC3)ncnc21. The summed E-state index contributed by atoms with van der Waals surface area (Å²) in [6.07, 6.45) is 3.93. The molecule has 1 aliphatic carbocycles. The molecular formula is C24H24FN5O3. The molecule has 0 unspecified atom stereocenters. The Labute approximate surface area is 190 Å². The van der Waals surface area contributed by atoms with Crippen LogP contribution in [0.25, 0.3) is 11.2 Å². The van der Waals surface area contributed by atoms with Crippen molar-refractivity contribution in [2.24, 2.45) is 5.73 Å². The number of fused-ring (bicyclic) bond motifs is 2. The lowest BCUT2D eigenvalue weighted by atomic mass is 9.75. The average Bonchev–Trinajstić information content (AvgIpc) is 3.42. The van der Waals surface area contributed by atoms with E-state index >= 15 is 0 Å². The van der Waals surface area contributed by atoms with Gasteiger partial charge in [-0.15, -0.1) is 0 Å². The smallest absolute Gasteiger partial charge is 0.167 e. The Bertz CT molecular complexity index is 1290. The Morgan fingerprint density at radius 3 is 2.67 bits per heavy atom. The number of ether oxygens (including phenoxy) is 3. The zero-order chi connectivity index (χ0) is 22.8. The summed E-state index contributed by atoms with van der Waals surface area (Å²) in [5, 5.41) is 0. The van der Waals surface area contributed by atoms with E-state index in [4.69, 9.17) is 19.9 Å². The van der Waals surface area contributed by atoms with Gasteiger partial charge in [-0.3, -0.25) is 4.57 Å². The molecule has 8 nitrogen and oxygen atoms in total. The van der Waals surface area contributed by atoms with Crippen LogP contribution in [0.15, 0.2) is 36.9 Å². The number of aromatic nitrogens is 4. The van der Waals surface area contributed by atoms with Gasteiger partial charge in [0.05, 0.1) is 23.1 Å². The van der Waals surface area contributed by atoms with E-state index < -0.39 is 35.9 Å². The minimum atomic E-state index is -0.806. The Morgan fingerprint density at radius 2 is 1.91 bits per heavy atom. The molecule has 170 valence electrons. The number of imidazole rings is 1. The van der Waals surface area contributed by atoms with Crippen LogP contribution in [0.2, 0.25) is 0 Å². The average molecular weight is 449 g/mol. The highest BCUT2D eigenvalue weighted by molar-refractivity contribution is 5.74. The second-order valence-electron chi connectivity index (χ2n) is 9.32. The van der Waals surface area contributed by atoms with Crippen molar-refractivity contribution >= 4 is 11.2 Å². The highest BCUT2D eigenvalue weighted by Crippen LogP contribution is 2.44. The van der Waals surface area contributed by atoms with Crippen molar-refractivity contribution in [3.63, 3.8) is 0 Å². The highest BCUT2D eigenvalue weighted by Gasteiger charge is 2.56. The lowest BCUT2D eigenvalue weighted by Gasteiger charge is -2.37. The van der Waals surface area contributed by atoms with E-state index in [0.717, 1.165) is 25.0 Å². The molecule has 0 radical (unpaired) electrons. The quantitative estimate of drug-likeness (QED) is 0.601. The van der Waals surface area contributed by atoms with Gasteiger partial charge in [0.25, 0.3) is 0 Å². The van der Waals surface area contributed by atoms with Gasteiger partial charge in [0.1, 0.15) is 36.0 Å². The first-order valence-corrected chi connectivity index (χ1v) is 11.1. The second-order valence-corrected chi connectivity index (χ2v) is 9.32. The van der Waals surface area contributed by atoms with Crippen molar-refractivity contribution in [3.8, 4) is 11.8 Å². The van der Waals surface area contributed by atoms with Gasteiger partial charge in [0.15, 0.2) is 17.7 Å². The fraction of sp³-hybridized carbons (Fsp3) is 0.458. The van der Waals surface area contributed by atoms with Gasteiger partial charge in [-0.05, 0) is 45.2 Å². The summed E-state index contributed by atoms with van der Waals surface area (Å²) in [7, 11) is 0. The van der Waals surface area contributed by atoms with E-state index in [1.165, 1.54) is 12.4 Å².